The quantitative estimate of drug-likeness (QED) is 0.549. The maximum Gasteiger partial charge on any atom is 0.273 e. The molecule has 0 atom stereocenters. The minimum Gasteiger partial charge on any atom is -0.508 e. The number of nitrogens with one attached hydrogen (secondary N) is 1. The van der Waals surface area contributed by atoms with Crippen LogP contribution >= 0.6 is 0 Å². The summed E-state index contributed by atoms with van der Waals surface area (Å²) in [4.78, 5) is 9.49. The molecule has 0 bridgehead atoms. The Hall–Kier alpha value is -1.66. The number of nitro groups is 1. The first-order chi connectivity index (χ1) is 7.70. The Bertz CT molecular complexity index is 328. The maximum absolute atomic E-state index is 10.0. The molecule has 0 aliphatic carbocycles. The molecule has 16 heavy (non-hydrogen) atoms. The first-order valence-electron chi connectivity index (χ1n) is 4.92. The molecule has 1 fully saturated rings. The van der Waals surface area contributed by atoms with Crippen LogP contribution in [0, 0.1) is 10.1 Å². The highest BCUT2D eigenvalue weighted by molar-refractivity contribution is 5.36. The molecule has 6 heteroatoms. The standard InChI is InChI=1S/C6H5NO3.C4H9NO/c8-6-3-1-2-5(4-6)7(9)10;1-3-6-4-2-5-1/h1-4,8H;5H,1-4H2. The van der Waals surface area contributed by atoms with Gasteiger partial charge in [-0.1, -0.05) is 6.07 Å². The zero-order valence-corrected chi connectivity index (χ0v) is 8.76. The molecule has 1 aromatic carbocycles. The van der Waals surface area contributed by atoms with Crippen LogP contribution in [0.2, 0.25) is 0 Å². The number of hydrogen-bond acceptors (Lipinski definition) is 5. The van der Waals surface area contributed by atoms with Crippen molar-refractivity contribution < 1.29 is 14.8 Å². The lowest BCUT2D eigenvalue weighted by Gasteiger charge is -2.10. The van der Waals surface area contributed by atoms with E-state index in [-0.39, 0.29) is 11.4 Å². The lowest BCUT2D eigenvalue weighted by atomic mass is 10.3. The Morgan fingerprint density at radius 2 is 2.06 bits per heavy atom. The van der Waals surface area contributed by atoms with Gasteiger partial charge in [0.05, 0.1) is 24.2 Å². The van der Waals surface area contributed by atoms with E-state index in [0.29, 0.717) is 0 Å². The summed E-state index contributed by atoms with van der Waals surface area (Å²) in [5.74, 6) is -0.0887. The largest absolute Gasteiger partial charge is 0.508 e. The van der Waals surface area contributed by atoms with Gasteiger partial charge in [0.25, 0.3) is 5.69 Å². The number of hydrogen-bond donors (Lipinski definition) is 2. The van der Waals surface area contributed by atoms with Gasteiger partial charge in [-0.2, -0.15) is 0 Å². The van der Waals surface area contributed by atoms with Crippen molar-refractivity contribution in [3.63, 3.8) is 0 Å². The van der Waals surface area contributed by atoms with Gasteiger partial charge in [0.15, 0.2) is 0 Å². The molecular formula is C10H14N2O4. The Morgan fingerprint density at radius 1 is 1.38 bits per heavy atom. The molecule has 0 unspecified atom stereocenters. The number of rotatable bonds is 1. The molecule has 0 amide bonds. The summed E-state index contributed by atoms with van der Waals surface area (Å²) in [6.07, 6.45) is 0. The summed E-state index contributed by atoms with van der Waals surface area (Å²) >= 11 is 0. The van der Waals surface area contributed by atoms with Crippen molar-refractivity contribution in [3.8, 4) is 5.75 Å². The molecular weight excluding hydrogens is 212 g/mol. The molecule has 0 radical (unpaired) electrons. The number of phenolic OH excluding ortho intramolecular Hbond substituents is 1. The molecule has 2 N–H and O–H groups in total. The van der Waals surface area contributed by atoms with Crippen LogP contribution in [-0.4, -0.2) is 36.3 Å². The van der Waals surface area contributed by atoms with Crippen molar-refractivity contribution >= 4 is 5.69 Å². The van der Waals surface area contributed by atoms with Crippen LogP contribution in [0.25, 0.3) is 0 Å². The monoisotopic (exact) mass is 226 g/mol. The third-order valence-electron chi connectivity index (χ3n) is 1.89. The van der Waals surface area contributed by atoms with Crippen LogP contribution in [0.3, 0.4) is 0 Å². The molecule has 1 aliphatic heterocycles. The predicted octanol–water partition coefficient (Wildman–Crippen LogP) is 0.907. The zero-order chi connectivity index (χ0) is 11.8. The van der Waals surface area contributed by atoms with E-state index >= 15 is 0 Å². The van der Waals surface area contributed by atoms with Crippen LogP contribution in [0.15, 0.2) is 24.3 Å². The summed E-state index contributed by atoms with van der Waals surface area (Å²) in [5, 5.41) is 22.0. The van der Waals surface area contributed by atoms with Crippen molar-refractivity contribution in [3.05, 3.63) is 34.4 Å². The van der Waals surface area contributed by atoms with Gasteiger partial charge >= 0.3 is 0 Å². The Labute approximate surface area is 93.0 Å². The molecule has 0 spiro atoms. The summed E-state index contributed by atoms with van der Waals surface area (Å²) < 4.78 is 5.01. The molecule has 2 rings (SSSR count). The third kappa shape index (κ3) is 4.72. The molecule has 1 heterocycles. The number of benzene rings is 1. The number of non-ortho nitro benzene ring substituents is 1. The van der Waals surface area contributed by atoms with E-state index in [1.54, 1.807) is 0 Å². The highest BCUT2D eigenvalue weighted by Crippen LogP contribution is 2.16. The zero-order valence-electron chi connectivity index (χ0n) is 8.76. The third-order valence-corrected chi connectivity index (χ3v) is 1.89. The van der Waals surface area contributed by atoms with Crippen LogP contribution in [-0.2, 0) is 4.74 Å². The normalized spacial score (nSPS) is 14.8. The van der Waals surface area contributed by atoms with Gasteiger partial charge in [-0.25, -0.2) is 0 Å². The van der Waals surface area contributed by atoms with Crippen LogP contribution < -0.4 is 5.32 Å². The predicted molar refractivity (Wildman–Crippen MR) is 58.4 cm³/mol. The first-order valence-corrected chi connectivity index (χ1v) is 4.92. The van der Waals surface area contributed by atoms with Gasteiger partial charge in [0.2, 0.25) is 0 Å². The maximum atomic E-state index is 10.0. The van der Waals surface area contributed by atoms with Gasteiger partial charge in [-0.3, -0.25) is 10.1 Å². The fourth-order valence-corrected chi connectivity index (χ4v) is 1.12. The minimum atomic E-state index is -0.556. The molecule has 6 nitrogen and oxygen atoms in total. The molecule has 0 aromatic heterocycles. The molecule has 1 aliphatic rings. The van der Waals surface area contributed by atoms with E-state index in [1.165, 1.54) is 18.2 Å². The van der Waals surface area contributed by atoms with E-state index in [1.807, 2.05) is 0 Å². The Morgan fingerprint density at radius 3 is 2.38 bits per heavy atom. The molecule has 1 aromatic rings. The van der Waals surface area contributed by atoms with Gasteiger partial charge in [0.1, 0.15) is 5.75 Å². The fourth-order valence-electron chi connectivity index (χ4n) is 1.12. The number of aromatic hydroxyl groups is 1. The van der Waals surface area contributed by atoms with E-state index < -0.39 is 4.92 Å². The second-order valence-corrected chi connectivity index (χ2v) is 3.14. The SMILES string of the molecule is C1COCCN1.O=[N+]([O-])c1cccc(O)c1. The Kier molecular flexibility index (Phi) is 5.24. The summed E-state index contributed by atoms with van der Waals surface area (Å²) in [5.41, 5.74) is -0.0972. The van der Waals surface area contributed by atoms with E-state index in [9.17, 15) is 10.1 Å². The summed E-state index contributed by atoms with van der Waals surface area (Å²) in [7, 11) is 0. The van der Waals surface area contributed by atoms with Crippen molar-refractivity contribution in [2.24, 2.45) is 0 Å². The average molecular weight is 226 g/mol. The van der Waals surface area contributed by atoms with Gasteiger partial charge in [-0.15, -0.1) is 0 Å². The van der Waals surface area contributed by atoms with Crippen molar-refractivity contribution in [2.75, 3.05) is 26.3 Å². The fraction of sp³-hybridized carbons (Fsp3) is 0.400. The van der Waals surface area contributed by atoms with Crippen molar-refractivity contribution in [1.29, 1.82) is 0 Å². The lowest BCUT2D eigenvalue weighted by Crippen LogP contribution is -2.30. The molecule has 1 saturated heterocycles. The number of phenols is 1. The number of ether oxygens (including phenoxy) is 1. The summed E-state index contributed by atoms with van der Waals surface area (Å²) in [6, 6.07) is 5.22. The van der Waals surface area contributed by atoms with E-state index in [2.05, 4.69) is 5.32 Å². The van der Waals surface area contributed by atoms with Crippen LogP contribution in [0.5, 0.6) is 5.75 Å². The number of nitro benzene ring substituents is 1. The Balaban J connectivity index is 0.000000181. The van der Waals surface area contributed by atoms with Crippen LogP contribution in [0.4, 0.5) is 5.69 Å². The lowest BCUT2D eigenvalue weighted by molar-refractivity contribution is -0.384. The van der Waals surface area contributed by atoms with Crippen molar-refractivity contribution in [2.45, 2.75) is 0 Å². The molecule has 88 valence electrons. The van der Waals surface area contributed by atoms with E-state index in [0.717, 1.165) is 32.4 Å². The number of nitrogens with zero attached hydrogens (tertiary/aromatic N) is 1. The minimum absolute atomic E-state index is 0.0887. The van der Waals surface area contributed by atoms with Crippen LogP contribution in [0.1, 0.15) is 0 Å². The highest BCUT2D eigenvalue weighted by Gasteiger charge is 2.03. The number of morpholine rings is 1. The van der Waals surface area contributed by atoms with Gasteiger partial charge in [0, 0.05) is 19.2 Å². The highest BCUT2D eigenvalue weighted by atomic mass is 16.6. The summed E-state index contributed by atoms with van der Waals surface area (Å²) in [6.45, 7) is 3.83. The van der Waals surface area contributed by atoms with Gasteiger partial charge in [-0.05, 0) is 6.07 Å². The van der Waals surface area contributed by atoms with Gasteiger partial charge < -0.3 is 15.2 Å². The average Bonchev–Trinajstić information content (AvgIpc) is 2.32. The molecule has 0 saturated carbocycles. The smallest absolute Gasteiger partial charge is 0.273 e. The first kappa shape index (κ1) is 12.4. The topological polar surface area (TPSA) is 84.6 Å². The van der Waals surface area contributed by atoms with E-state index in [4.69, 9.17) is 9.84 Å². The second-order valence-electron chi connectivity index (χ2n) is 3.14. The van der Waals surface area contributed by atoms with Crippen molar-refractivity contribution in [1.82, 2.24) is 5.32 Å². The second kappa shape index (κ2) is 6.76.